The van der Waals surface area contributed by atoms with E-state index >= 15 is 0 Å². The van der Waals surface area contributed by atoms with Crippen molar-refractivity contribution in [2.24, 2.45) is 11.8 Å². The number of aryl methyl sites for hydroxylation is 1. The minimum atomic E-state index is 0.00676. The van der Waals surface area contributed by atoms with Crippen molar-refractivity contribution >= 4 is 12.1 Å². The van der Waals surface area contributed by atoms with Crippen molar-refractivity contribution in [3.63, 3.8) is 0 Å². The third kappa shape index (κ3) is 4.12. The Balaban J connectivity index is 1.88. The van der Waals surface area contributed by atoms with Crippen LogP contribution in [0, 0.1) is 18.8 Å². The molecule has 1 saturated heterocycles. The van der Waals surface area contributed by atoms with Gasteiger partial charge in [0.15, 0.2) is 0 Å². The van der Waals surface area contributed by atoms with Gasteiger partial charge in [0.1, 0.15) is 0 Å². The second-order valence-corrected chi connectivity index (χ2v) is 6.05. The van der Waals surface area contributed by atoms with E-state index in [-0.39, 0.29) is 6.03 Å². The van der Waals surface area contributed by atoms with Crippen LogP contribution in [-0.4, -0.2) is 24.0 Å². The van der Waals surface area contributed by atoms with Crippen LogP contribution in [0.2, 0.25) is 0 Å². The highest BCUT2D eigenvalue weighted by molar-refractivity contribution is 5.76. The largest absolute Gasteiger partial charge is 0.324 e. The Morgan fingerprint density at radius 3 is 2.65 bits per heavy atom. The van der Waals surface area contributed by atoms with Crippen molar-refractivity contribution < 1.29 is 4.79 Å². The number of hydrogen-bond acceptors (Lipinski definition) is 1. The Morgan fingerprint density at radius 1 is 1.30 bits per heavy atom. The van der Waals surface area contributed by atoms with Crippen LogP contribution in [0.25, 0.3) is 6.08 Å². The highest BCUT2D eigenvalue weighted by atomic mass is 16.2. The average Bonchev–Trinajstić information content (AvgIpc) is 2.37. The Labute approximate surface area is 121 Å². The van der Waals surface area contributed by atoms with Gasteiger partial charge >= 0.3 is 6.03 Å². The fourth-order valence-corrected chi connectivity index (χ4v) is 2.90. The summed E-state index contributed by atoms with van der Waals surface area (Å²) in [5.41, 5.74) is 2.32. The second kappa shape index (κ2) is 6.60. The van der Waals surface area contributed by atoms with Gasteiger partial charge in [-0.3, -0.25) is 0 Å². The van der Waals surface area contributed by atoms with Crippen LogP contribution in [0.4, 0.5) is 4.79 Å². The molecular formula is C17H24N2O. The van der Waals surface area contributed by atoms with E-state index in [0.717, 1.165) is 18.7 Å². The first kappa shape index (κ1) is 14.6. The molecule has 0 bridgehead atoms. The number of hydrogen-bond donors (Lipinski definition) is 1. The maximum absolute atomic E-state index is 12.1. The number of amides is 2. The van der Waals surface area contributed by atoms with Crippen molar-refractivity contribution in [1.29, 1.82) is 0 Å². The van der Waals surface area contributed by atoms with E-state index in [1.807, 2.05) is 23.1 Å². The first-order valence-electron chi connectivity index (χ1n) is 7.33. The molecule has 0 spiro atoms. The maximum Gasteiger partial charge on any atom is 0.321 e. The molecule has 0 aliphatic carbocycles. The molecule has 3 heteroatoms. The summed E-state index contributed by atoms with van der Waals surface area (Å²) in [5.74, 6) is 1.18. The number of likely N-dealkylation sites (tertiary alicyclic amines) is 1. The van der Waals surface area contributed by atoms with Crippen LogP contribution < -0.4 is 5.32 Å². The van der Waals surface area contributed by atoms with Gasteiger partial charge in [0.05, 0.1) is 0 Å². The highest BCUT2D eigenvalue weighted by Gasteiger charge is 2.24. The van der Waals surface area contributed by atoms with E-state index in [2.05, 4.69) is 38.2 Å². The van der Waals surface area contributed by atoms with E-state index in [1.54, 1.807) is 6.20 Å². The smallest absolute Gasteiger partial charge is 0.321 e. The Bertz CT molecular complexity index is 486. The van der Waals surface area contributed by atoms with Gasteiger partial charge in [0.25, 0.3) is 0 Å². The number of carbonyl (C=O) groups excluding carboxylic acids is 1. The third-order valence-electron chi connectivity index (χ3n) is 3.68. The Kier molecular flexibility index (Phi) is 4.83. The Hall–Kier alpha value is -1.77. The molecule has 0 saturated carbocycles. The minimum Gasteiger partial charge on any atom is -0.324 e. The predicted molar refractivity (Wildman–Crippen MR) is 83.3 cm³/mol. The van der Waals surface area contributed by atoms with Gasteiger partial charge in [-0.15, -0.1) is 0 Å². The lowest BCUT2D eigenvalue weighted by atomic mass is 9.92. The molecule has 3 nitrogen and oxygen atoms in total. The van der Waals surface area contributed by atoms with Crippen molar-refractivity contribution in [2.45, 2.75) is 27.2 Å². The molecule has 0 aromatic heterocycles. The summed E-state index contributed by atoms with van der Waals surface area (Å²) in [7, 11) is 0. The molecule has 0 radical (unpaired) electrons. The van der Waals surface area contributed by atoms with E-state index in [0.29, 0.717) is 11.8 Å². The van der Waals surface area contributed by atoms with Crippen LogP contribution >= 0.6 is 0 Å². The van der Waals surface area contributed by atoms with Crippen LogP contribution in [0.1, 0.15) is 31.4 Å². The topological polar surface area (TPSA) is 32.3 Å². The zero-order valence-electron chi connectivity index (χ0n) is 12.6. The SMILES string of the molecule is Cc1cccc(/C=C/NC(=O)N2CC(C)CC(C)C2)c1. The van der Waals surface area contributed by atoms with Crippen LogP contribution in [-0.2, 0) is 0 Å². The summed E-state index contributed by atoms with van der Waals surface area (Å²) in [4.78, 5) is 14.0. The second-order valence-electron chi connectivity index (χ2n) is 6.05. The number of rotatable bonds is 2. The molecule has 1 aromatic carbocycles. The lowest BCUT2D eigenvalue weighted by Gasteiger charge is -2.34. The highest BCUT2D eigenvalue weighted by Crippen LogP contribution is 2.20. The van der Waals surface area contributed by atoms with Gasteiger partial charge in [0.2, 0.25) is 0 Å². The lowest BCUT2D eigenvalue weighted by Crippen LogP contribution is -2.46. The van der Waals surface area contributed by atoms with Crippen LogP contribution in [0.5, 0.6) is 0 Å². The molecule has 2 rings (SSSR count). The summed E-state index contributed by atoms with van der Waals surface area (Å²) in [5, 5.41) is 2.87. The minimum absolute atomic E-state index is 0.00676. The molecule has 1 aliphatic heterocycles. The molecule has 2 amide bonds. The maximum atomic E-state index is 12.1. The first-order chi connectivity index (χ1) is 9.54. The number of piperidine rings is 1. The van der Waals surface area contributed by atoms with E-state index in [1.165, 1.54) is 12.0 Å². The summed E-state index contributed by atoms with van der Waals surface area (Å²) in [6, 6.07) is 8.21. The van der Waals surface area contributed by atoms with Gasteiger partial charge in [-0.1, -0.05) is 43.7 Å². The van der Waals surface area contributed by atoms with E-state index < -0.39 is 0 Å². The van der Waals surface area contributed by atoms with E-state index in [4.69, 9.17) is 0 Å². The molecule has 1 N–H and O–H groups in total. The Morgan fingerprint density at radius 2 is 2.00 bits per heavy atom. The van der Waals surface area contributed by atoms with Crippen molar-refractivity contribution in [1.82, 2.24) is 10.2 Å². The van der Waals surface area contributed by atoms with Gasteiger partial charge in [-0.05, 0) is 36.8 Å². The fraction of sp³-hybridized carbons (Fsp3) is 0.471. The number of urea groups is 1. The first-order valence-corrected chi connectivity index (χ1v) is 7.33. The third-order valence-corrected chi connectivity index (χ3v) is 3.68. The van der Waals surface area contributed by atoms with E-state index in [9.17, 15) is 4.79 Å². The van der Waals surface area contributed by atoms with Gasteiger partial charge in [-0.2, -0.15) is 0 Å². The molecule has 20 heavy (non-hydrogen) atoms. The normalized spacial score (nSPS) is 23.1. The summed E-state index contributed by atoms with van der Waals surface area (Å²) < 4.78 is 0. The molecule has 1 aromatic rings. The molecule has 2 atom stereocenters. The zero-order chi connectivity index (χ0) is 14.5. The molecule has 108 valence electrons. The van der Waals surface area contributed by atoms with Crippen molar-refractivity contribution in [3.05, 3.63) is 41.6 Å². The van der Waals surface area contributed by atoms with Crippen molar-refractivity contribution in [3.8, 4) is 0 Å². The molecule has 1 aliphatic rings. The zero-order valence-corrected chi connectivity index (χ0v) is 12.6. The molecular weight excluding hydrogens is 248 g/mol. The average molecular weight is 272 g/mol. The predicted octanol–water partition coefficient (Wildman–Crippen LogP) is 3.65. The van der Waals surface area contributed by atoms with Gasteiger partial charge < -0.3 is 10.2 Å². The van der Waals surface area contributed by atoms with Crippen LogP contribution in [0.15, 0.2) is 30.5 Å². The molecule has 2 unspecified atom stereocenters. The number of nitrogens with one attached hydrogen (secondary N) is 1. The summed E-state index contributed by atoms with van der Waals surface area (Å²) >= 11 is 0. The fourth-order valence-electron chi connectivity index (χ4n) is 2.90. The molecule has 1 heterocycles. The number of benzene rings is 1. The number of nitrogens with zero attached hydrogens (tertiary/aromatic N) is 1. The standard InChI is InChI=1S/C17H24N2O/c1-13-5-4-6-16(10-13)7-8-18-17(20)19-11-14(2)9-15(3)12-19/h4-8,10,14-15H,9,11-12H2,1-3H3,(H,18,20)/b8-7+. The monoisotopic (exact) mass is 272 g/mol. The quantitative estimate of drug-likeness (QED) is 0.875. The lowest BCUT2D eigenvalue weighted by molar-refractivity contribution is 0.149. The van der Waals surface area contributed by atoms with Gasteiger partial charge in [-0.25, -0.2) is 4.79 Å². The summed E-state index contributed by atoms with van der Waals surface area (Å²) in [6.45, 7) is 8.19. The molecule has 1 fully saturated rings. The van der Waals surface area contributed by atoms with Crippen molar-refractivity contribution in [2.75, 3.05) is 13.1 Å². The van der Waals surface area contributed by atoms with Crippen LogP contribution in [0.3, 0.4) is 0 Å². The number of carbonyl (C=O) groups is 1. The van der Waals surface area contributed by atoms with Gasteiger partial charge in [0, 0.05) is 19.3 Å². The summed E-state index contributed by atoms with van der Waals surface area (Å²) in [6.07, 6.45) is 4.88.